The van der Waals surface area contributed by atoms with Crippen LogP contribution in [0.25, 0.3) is 32.9 Å². The molecule has 1 aliphatic heterocycles. The van der Waals surface area contributed by atoms with Crippen LogP contribution in [0.3, 0.4) is 0 Å². The number of benzene rings is 2. The number of aromatic hydroxyl groups is 2. The van der Waals surface area contributed by atoms with Crippen molar-refractivity contribution < 1.29 is 34.3 Å². The van der Waals surface area contributed by atoms with Crippen LogP contribution in [0.2, 0.25) is 0 Å². The molecule has 7 rings (SSSR count). The molecule has 10 nitrogen and oxygen atoms in total. The minimum atomic E-state index is -1.17. The molecule has 0 fully saturated rings. The Balaban J connectivity index is 1.66. The van der Waals surface area contributed by atoms with Crippen LogP contribution in [-0.4, -0.2) is 32.2 Å². The van der Waals surface area contributed by atoms with Gasteiger partial charge in [0.2, 0.25) is 5.43 Å². The Bertz CT molecular complexity index is 1770. The fraction of sp³-hybridized carbons (Fsp3) is 0.308. The van der Waals surface area contributed by atoms with Gasteiger partial charge in [-0.2, -0.15) is 0 Å². The molecule has 0 saturated carbocycles. The van der Waals surface area contributed by atoms with Gasteiger partial charge in [-0.15, -0.1) is 0 Å². The molecule has 4 aromatic rings. The van der Waals surface area contributed by atoms with Gasteiger partial charge in [0, 0.05) is 28.8 Å². The van der Waals surface area contributed by atoms with Crippen LogP contribution in [-0.2, 0) is 11.2 Å². The van der Waals surface area contributed by atoms with Crippen LogP contribution >= 0.6 is 0 Å². The van der Waals surface area contributed by atoms with Gasteiger partial charge >= 0.3 is 0 Å². The molecule has 2 aliphatic carbocycles. The third-order valence-corrected chi connectivity index (χ3v) is 7.49. The molecule has 3 aliphatic rings. The predicted octanol–water partition coefficient (Wildman–Crippen LogP) is 2.85. The molecule has 0 bridgehead atoms. The molecule has 184 valence electrons. The number of aliphatic hydroxyl groups excluding tert-OH is 2. The summed E-state index contributed by atoms with van der Waals surface area (Å²) < 4.78 is 17.6. The second-order valence-electron chi connectivity index (χ2n) is 9.62. The van der Waals surface area contributed by atoms with Gasteiger partial charge in [-0.1, -0.05) is 0 Å². The van der Waals surface area contributed by atoms with Gasteiger partial charge in [0.1, 0.15) is 28.7 Å². The summed E-state index contributed by atoms with van der Waals surface area (Å²) in [5.41, 5.74) is 0.600. The highest BCUT2D eigenvalue weighted by Gasteiger charge is 2.41. The Morgan fingerprint density at radius 3 is 2.53 bits per heavy atom. The minimum Gasteiger partial charge on any atom is -0.506 e. The van der Waals surface area contributed by atoms with Crippen molar-refractivity contribution in [2.24, 2.45) is 0 Å². The zero-order chi connectivity index (χ0) is 25.0. The van der Waals surface area contributed by atoms with E-state index in [9.17, 15) is 30.0 Å². The van der Waals surface area contributed by atoms with E-state index in [1.165, 1.54) is 0 Å². The van der Waals surface area contributed by atoms with Crippen molar-refractivity contribution in [2.45, 2.75) is 44.5 Å². The number of pyridine rings is 1. The number of ether oxygens (including phenoxy) is 2. The normalized spacial score (nSPS) is 22.1. The number of aromatic amines is 1. The van der Waals surface area contributed by atoms with E-state index < -0.39 is 35.0 Å². The number of aliphatic hydroxyl groups is 2. The summed E-state index contributed by atoms with van der Waals surface area (Å²) >= 11 is 0. The first-order valence-corrected chi connectivity index (χ1v) is 11.6. The zero-order valence-corrected chi connectivity index (χ0v) is 19.0. The number of aromatic nitrogens is 1. The van der Waals surface area contributed by atoms with Gasteiger partial charge in [0.25, 0.3) is 5.56 Å². The molecule has 0 radical (unpaired) electrons. The number of hydrogen-bond donors (Lipinski definition) is 5. The lowest BCUT2D eigenvalue weighted by Crippen LogP contribution is -2.26. The fourth-order valence-electron chi connectivity index (χ4n) is 5.96. The van der Waals surface area contributed by atoms with Gasteiger partial charge in [-0.05, 0) is 42.8 Å². The van der Waals surface area contributed by atoms with Crippen LogP contribution in [0.5, 0.6) is 17.2 Å². The van der Waals surface area contributed by atoms with Crippen LogP contribution in [0, 0.1) is 6.92 Å². The highest BCUT2D eigenvalue weighted by molar-refractivity contribution is 6.05. The summed E-state index contributed by atoms with van der Waals surface area (Å²) in [5, 5.41) is 44.2. The third-order valence-electron chi connectivity index (χ3n) is 7.49. The number of rotatable bonds is 0. The van der Waals surface area contributed by atoms with Crippen molar-refractivity contribution in [3.8, 4) is 28.4 Å². The second kappa shape index (κ2) is 7.10. The summed E-state index contributed by atoms with van der Waals surface area (Å²) in [4.78, 5) is 29.0. The zero-order valence-electron chi connectivity index (χ0n) is 19.0. The summed E-state index contributed by atoms with van der Waals surface area (Å²) in [7, 11) is 0. The smallest absolute Gasteiger partial charge is 0.259 e. The Morgan fingerprint density at radius 1 is 0.972 bits per heavy atom. The van der Waals surface area contributed by atoms with E-state index in [2.05, 4.69) is 4.98 Å². The number of hydrogen-bond acceptors (Lipinski definition) is 9. The summed E-state index contributed by atoms with van der Waals surface area (Å²) in [6, 6.07) is 3.52. The maximum Gasteiger partial charge on any atom is 0.259 e. The van der Waals surface area contributed by atoms with E-state index in [0.29, 0.717) is 28.6 Å². The molecule has 2 aromatic heterocycles. The number of phenols is 2. The fourth-order valence-corrected chi connectivity index (χ4v) is 5.96. The van der Waals surface area contributed by atoms with Crippen molar-refractivity contribution in [1.29, 1.82) is 0 Å². The lowest BCUT2D eigenvalue weighted by atomic mass is 9.79. The lowest BCUT2D eigenvalue weighted by Gasteiger charge is -2.35. The van der Waals surface area contributed by atoms with Crippen LogP contribution in [0.15, 0.2) is 26.1 Å². The van der Waals surface area contributed by atoms with Crippen LogP contribution in [0.1, 0.15) is 59.3 Å². The lowest BCUT2D eigenvalue weighted by molar-refractivity contribution is -0.0592. The molecule has 10 heteroatoms. The van der Waals surface area contributed by atoms with Gasteiger partial charge in [0.15, 0.2) is 18.1 Å². The average molecular weight is 491 g/mol. The molecule has 3 unspecified atom stereocenters. The monoisotopic (exact) mass is 491 g/mol. The van der Waals surface area contributed by atoms with E-state index in [1.54, 1.807) is 19.1 Å². The Labute approximate surface area is 202 Å². The average Bonchev–Trinajstić information content (AvgIpc) is 2.83. The topological polar surface area (TPSA) is 162 Å². The summed E-state index contributed by atoms with van der Waals surface area (Å²) in [5.74, 6) is -0.710. The number of nitrogens with one attached hydrogen (secondary N) is 1. The first kappa shape index (κ1) is 21.4. The Morgan fingerprint density at radius 2 is 1.72 bits per heavy atom. The highest BCUT2D eigenvalue weighted by Crippen LogP contribution is 2.57. The van der Waals surface area contributed by atoms with E-state index in [4.69, 9.17) is 13.9 Å². The third kappa shape index (κ3) is 2.60. The maximum atomic E-state index is 13.6. The second-order valence-corrected chi connectivity index (χ2v) is 9.62. The number of aryl methyl sites for hydroxylation is 1. The molecular formula is C26H21NO9. The highest BCUT2D eigenvalue weighted by atomic mass is 16.7. The van der Waals surface area contributed by atoms with Crippen molar-refractivity contribution in [2.75, 3.05) is 6.79 Å². The largest absolute Gasteiger partial charge is 0.506 e. The molecule has 0 saturated heterocycles. The van der Waals surface area contributed by atoms with Gasteiger partial charge in [-0.3, -0.25) is 9.59 Å². The summed E-state index contributed by atoms with van der Waals surface area (Å²) in [6.45, 7) is 1.60. The number of fused-ring (bicyclic) bond motifs is 6. The molecule has 0 amide bonds. The predicted molar refractivity (Wildman–Crippen MR) is 126 cm³/mol. The minimum absolute atomic E-state index is 0.0551. The van der Waals surface area contributed by atoms with Gasteiger partial charge in [0.05, 0.1) is 23.2 Å². The molecule has 2 aromatic carbocycles. The van der Waals surface area contributed by atoms with Gasteiger partial charge in [-0.25, -0.2) is 0 Å². The molecule has 5 N–H and O–H groups in total. The van der Waals surface area contributed by atoms with Crippen molar-refractivity contribution >= 4 is 21.7 Å². The van der Waals surface area contributed by atoms with Crippen molar-refractivity contribution in [3.05, 3.63) is 60.9 Å². The van der Waals surface area contributed by atoms with Crippen LogP contribution in [0.4, 0.5) is 0 Å². The molecular weight excluding hydrogens is 470 g/mol. The Hall–Kier alpha value is -3.86. The van der Waals surface area contributed by atoms with E-state index in [-0.39, 0.29) is 69.9 Å². The summed E-state index contributed by atoms with van der Waals surface area (Å²) in [6.07, 6.45) is -2.15. The molecule has 3 heterocycles. The van der Waals surface area contributed by atoms with E-state index in [1.807, 2.05) is 0 Å². The first-order chi connectivity index (χ1) is 17.3. The van der Waals surface area contributed by atoms with Crippen molar-refractivity contribution in [1.82, 2.24) is 4.98 Å². The quantitative estimate of drug-likeness (QED) is 0.249. The van der Waals surface area contributed by atoms with E-state index in [0.717, 1.165) is 0 Å². The standard InChI is InChI=1S/C26H21NO9/c1-8-4-9-5-10-6-13-17-18(14(10)20(30)15(9)26(33)27-8)22(32)19-21(31)16-11(28)2-3-12(29)23(16)36-25(19)24(17)35-7-34-13/h4-5,11-13,28-30,32H,2-3,6-7H2,1H3,(H,27,33). The van der Waals surface area contributed by atoms with Crippen molar-refractivity contribution in [3.63, 3.8) is 0 Å². The molecule has 0 spiro atoms. The van der Waals surface area contributed by atoms with Gasteiger partial charge < -0.3 is 39.3 Å². The van der Waals surface area contributed by atoms with E-state index >= 15 is 0 Å². The SMILES string of the molecule is Cc1cc2cc3c(c(O)c2c(=O)[nH]1)-c1c2c(c4oc5c(c(=O)c4c1O)C(O)CCC5O)OCOC2C3. The Kier molecular flexibility index (Phi) is 4.22. The molecule has 36 heavy (non-hydrogen) atoms. The maximum absolute atomic E-state index is 13.6. The number of H-pyrrole nitrogens is 1. The molecule has 3 atom stereocenters. The number of phenolic OH excluding ortho intramolecular Hbond substituents is 2. The van der Waals surface area contributed by atoms with Crippen LogP contribution < -0.4 is 15.7 Å². The first-order valence-electron chi connectivity index (χ1n) is 11.6.